The fraction of sp³-hybridized carbons (Fsp3) is 0.476. The first-order chi connectivity index (χ1) is 14.6. The van der Waals surface area contributed by atoms with Crippen molar-refractivity contribution in [2.45, 2.75) is 44.7 Å². The molecule has 0 unspecified atom stereocenters. The highest BCUT2D eigenvalue weighted by Gasteiger charge is 2.43. The summed E-state index contributed by atoms with van der Waals surface area (Å²) in [6.07, 6.45) is -1.75. The molecule has 1 saturated heterocycles. The third-order valence-electron chi connectivity index (χ3n) is 4.96. The van der Waals surface area contributed by atoms with Crippen LogP contribution in [0.2, 0.25) is 0 Å². The van der Waals surface area contributed by atoms with Crippen molar-refractivity contribution in [3.8, 4) is 17.1 Å². The number of aromatic nitrogens is 4. The van der Waals surface area contributed by atoms with E-state index < -0.39 is 18.4 Å². The minimum atomic E-state index is -4.42. The van der Waals surface area contributed by atoms with Gasteiger partial charge in [-0.05, 0) is 39.0 Å². The topological polar surface area (TPSA) is 74.1 Å². The normalized spacial score (nSPS) is 20.2. The van der Waals surface area contributed by atoms with E-state index in [1.807, 2.05) is 43.8 Å². The van der Waals surface area contributed by atoms with Crippen molar-refractivity contribution in [2.24, 2.45) is 0 Å². The van der Waals surface area contributed by atoms with Crippen molar-refractivity contribution < 1.29 is 22.6 Å². The number of morpholine rings is 1. The number of rotatable bonds is 4. The molecule has 0 aromatic carbocycles. The number of pyridine rings is 2. The zero-order chi connectivity index (χ0) is 22.2. The van der Waals surface area contributed by atoms with Gasteiger partial charge in [0.25, 0.3) is 0 Å². The van der Waals surface area contributed by atoms with Crippen molar-refractivity contribution >= 4 is 10.9 Å². The SMILES string of the molecule is CC(C)(C)n1cc(-c2cc3ncccc3c(OC[C@@H]3CNC[C@@H](C(F)(F)F)O3)n2)cn1. The average Bonchev–Trinajstić information content (AvgIpc) is 3.22. The second kappa shape index (κ2) is 8.08. The van der Waals surface area contributed by atoms with Gasteiger partial charge in [0.15, 0.2) is 6.10 Å². The van der Waals surface area contributed by atoms with Crippen LogP contribution in [0.4, 0.5) is 13.2 Å². The summed E-state index contributed by atoms with van der Waals surface area (Å²) in [6.45, 7) is 6.06. The Labute approximate surface area is 177 Å². The van der Waals surface area contributed by atoms with Gasteiger partial charge in [0, 0.05) is 31.0 Å². The van der Waals surface area contributed by atoms with Gasteiger partial charge in [-0.2, -0.15) is 18.3 Å². The van der Waals surface area contributed by atoms with E-state index in [2.05, 4.69) is 20.4 Å². The van der Waals surface area contributed by atoms with Crippen molar-refractivity contribution in [2.75, 3.05) is 19.7 Å². The molecule has 0 radical (unpaired) electrons. The van der Waals surface area contributed by atoms with Crippen LogP contribution in [0, 0.1) is 0 Å². The summed E-state index contributed by atoms with van der Waals surface area (Å²) in [5, 5.41) is 7.83. The predicted octanol–water partition coefficient (Wildman–Crippen LogP) is 3.55. The lowest BCUT2D eigenvalue weighted by molar-refractivity contribution is -0.241. The summed E-state index contributed by atoms with van der Waals surface area (Å²) in [4.78, 5) is 8.99. The molecule has 3 aromatic heterocycles. The summed E-state index contributed by atoms with van der Waals surface area (Å²) in [6, 6.07) is 5.41. The zero-order valence-corrected chi connectivity index (χ0v) is 17.5. The lowest BCUT2D eigenvalue weighted by atomic mass is 10.1. The Morgan fingerprint density at radius 2 is 2.06 bits per heavy atom. The van der Waals surface area contributed by atoms with Crippen LogP contribution in [0.3, 0.4) is 0 Å². The van der Waals surface area contributed by atoms with Crippen LogP contribution in [-0.4, -0.2) is 57.8 Å². The standard InChI is InChI=1S/C21H24F3N5O2/c1-20(2,3)29-11-13(8-27-29)16-7-17-15(5-4-6-26-17)19(28-16)30-12-14-9-25-10-18(31-14)21(22,23)24/h4-8,11,14,18,25H,9-10,12H2,1-3H3/t14-,18-/m0/s1. The minimum Gasteiger partial charge on any atom is -0.474 e. The van der Waals surface area contributed by atoms with E-state index in [9.17, 15) is 13.2 Å². The second-order valence-electron chi connectivity index (χ2n) is 8.48. The monoisotopic (exact) mass is 435 g/mol. The molecule has 10 heteroatoms. The van der Waals surface area contributed by atoms with Gasteiger partial charge < -0.3 is 14.8 Å². The largest absolute Gasteiger partial charge is 0.474 e. The van der Waals surface area contributed by atoms with Crippen LogP contribution in [0.25, 0.3) is 22.2 Å². The van der Waals surface area contributed by atoms with Crippen LogP contribution in [0.5, 0.6) is 5.88 Å². The first-order valence-corrected chi connectivity index (χ1v) is 9.98. The van der Waals surface area contributed by atoms with E-state index >= 15 is 0 Å². The Balaban J connectivity index is 1.59. The molecule has 7 nitrogen and oxygen atoms in total. The first-order valence-electron chi connectivity index (χ1n) is 9.98. The van der Waals surface area contributed by atoms with Gasteiger partial charge in [0.05, 0.1) is 28.3 Å². The van der Waals surface area contributed by atoms with E-state index in [1.54, 1.807) is 18.5 Å². The highest BCUT2D eigenvalue weighted by atomic mass is 19.4. The molecular weight excluding hydrogens is 411 g/mol. The quantitative estimate of drug-likeness (QED) is 0.676. The van der Waals surface area contributed by atoms with Crippen molar-refractivity contribution in [1.29, 1.82) is 0 Å². The summed E-state index contributed by atoms with van der Waals surface area (Å²) >= 11 is 0. The highest BCUT2D eigenvalue weighted by molar-refractivity contribution is 5.86. The molecule has 0 bridgehead atoms. The van der Waals surface area contributed by atoms with Gasteiger partial charge in [-0.3, -0.25) is 9.67 Å². The Morgan fingerprint density at radius 1 is 1.26 bits per heavy atom. The molecule has 0 spiro atoms. The number of halogens is 3. The maximum atomic E-state index is 13.0. The molecule has 0 aliphatic carbocycles. The molecular formula is C21H24F3N5O2. The number of alkyl halides is 3. The molecule has 1 aliphatic rings. The Morgan fingerprint density at radius 3 is 2.77 bits per heavy atom. The lowest BCUT2D eigenvalue weighted by Crippen LogP contribution is -2.52. The molecule has 1 N–H and O–H groups in total. The summed E-state index contributed by atoms with van der Waals surface area (Å²) in [5.74, 6) is 0.293. The molecule has 166 valence electrons. The van der Waals surface area contributed by atoms with Crippen molar-refractivity contribution in [3.05, 3.63) is 36.8 Å². The predicted molar refractivity (Wildman–Crippen MR) is 109 cm³/mol. The third kappa shape index (κ3) is 4.80. The number of ether oxygens (including phenoxy) is 2. The van der Waals surface area contributed by atoms with Gasteiger partial charge in [-0.25, -0.2) is 4.98 Å². The van der Waals surface area contributed by atoms with Crippen LogP contribution in [-0.2, 0) is 10.3 Å². The maximum Gasteiger partial charge on any atom is 0.415 e. The Bertz CT molecular complexity index is 1060. The third-order valence-corrected chi connectivity index (χ3v) is 4.96. The Kier molecular flexibility index (Phi) is 5.61. The molecule has 0 saturated carbocycles. The summed E-state index contributed by atoms with van der Waals surface area (Å²) in [5.41, 5.74) is 1.89. The van der Waals surface area contributed by atoms with Gasteiger partial charge >= 0.3 is 6.18 Å². The van der Waals surface area contributed by atoms with E-state index in [0.717, 1.165) is 5.56 Å². The fourth-order valence-corrected chi connectivity index (χ4v) is 3.29. The fourth-order valence-electron chi connectivity index (χ4n) is 3.29. The Hall–Kier alpha value is -2.72. The number of hydrogen-bond donors (Lipinski definition) is 1. The number of fused-ring (bicyclic) bond motifs is 1. The summed E-state index contributed by atoms with van der Waals surface area (Å²) < 4.78 is 51.8. The molecule has 4 heterocycles. The lowest BCUT2D eigenvalue weighted by Gasteiger charge is -2.31. The smallest absolute Gasteiger partial charge is 0.415 e. The highest BCUT2D eigenvalue weighted by Crippen LogP contribution is 2.30. The van der Waals surface area contributed by atoms with Crippen molar-refractivity contribution in [3.63, 3.8) is 0 Å². The van der Waals surface area contributed by atoms with Crippen LogP contribution in [0.1, 0.15) is 20.8 Å². The molecule has 4 rings (SSSR count). The molecule has 1 aliphatic heterocycles. The van der Waals surface area contributed by atoms with E-state index in [-0.39, 0.29) is 25.2 Å². The molecule has 3 aromatic rings. The maximum absolute atomic E-state index is 13.0. The molecule has 2 atom stereocenters. The molecule has 1 fully saturated rings. The van der Waals surface area contributed by atoms with E-state index in [0.29, 0.717) is 22.5 Å². The van der Waals surface area contributed by atoms with Gasteiger partial charge in [0.2, 0.25) is 5.88 Å². The van der Waals surface area contributed by atoms with Crippen LogP contribution in [0.15, 0.2) is 36.8 Å². The van der Waals surface area contributed by atoms with Crippen LogP contribution < -0.4 is 10.1 Å². The number of nitrogens with zero attached hydrogens (tertiary/aromatic N) is 4. The van der Waals surface area contributed by atoms with Gasteiger partial charge in [-0.15, -0.1) is 0 Å². The van der Waals surface area contributed by atoms with E-state index in [1.165, 1.54) is 0 Å². The molecule has 0 amide bonds. The van der Waals surface area contributed by atoms with Crippen LogP contribution >= 0.6 is 0 Å². The number of hydrogen-bond acceptors (Lipinski definition) is 6. The van der Waals surface area contributed by atoms with Gasteiger partial charge in [-0.1, -0.05) is 0 Å². The average molecular weight is 435 g/mol. The van der Waals surface area contributed by atoms with Gasteiger partial charge in [0.1, 0.15) is 12.7 Å². The van der Waals surface area contributed by atoms with E-state index in [4.69, 9.17) is 9.47 Å². The number of nitrogens with one attached hydrogen (secondary N) is 1. The van der Waals surface area contributed by atoms with Crippen molar-refractivity contribution in [1.82, 2.24) is 25.1 Å². The first kappa shape index (κ1) is 21.5. The zero-order valence-electron chi connectivity index (χ0n) is 17.5. The molecule has 31 heavy (non-hydrogen) atoms. The summed E-state index contributed by atoms with van der Waals surface area (Å²) in [7, 11) is 0. The second-order valence-corrected chi connectivity index (χ2v) is 8.48. The minimum absolute atomic E-state index is 0.0682.